The minimum atomic E-state index is -3.68. The number of benzene rings is 2. The Morgan fingerprint density at radius 3 is 2.48 bits per heavy atom. The average Bonchev–Trinajstić information content (AvgIpc) is 3.10. The Kier molecular flexibility index (Phi) is 6.71. The highest BCUT2D eigenvalue weighted by molar-refractivity contribution is 7.90. The quantitative estimate of drug-likeness (QED) is 0.647. The van der Waals surface area contributed by atoms with Gasteiger partial charge in [-0.1, -0.05) is 35.9 Å². The molecule has 2 aliphatic rings. The summed E-state index contributed by atoms with van der Waals surface area (Å²) >= 11 is 5.96. The molecule has 4 rings (SSSR count). The molecule has 174 valence electrons. The van der Waals surface area contributed by atoms with Crippen LogP contribution >= 0.6 is 11.6 Å². The lowest BCUT2D eigenvalue weighted by atomic mass is 9.94. The third kappa shape index (κ3) is 5.04. The fourth-order valence-corrected chi connectivity index (χ4v) is 5.51. The summed E-state index contributed by atoms with van der Waals surface area (Å²) in [4.78, 5) is 27.0. The minimum Gasteiger partial charge on any atom is -0.469 e. The maximum Gasteiger partial charge on any atom is 0.307 e. The number of sulfonamides is 1. The number of rotatable bonds is 5. The standard InChI is InChI=1S/C23H24ClN3O5S/c1-32-21(28)14-19(15-6-8-17(24)9-7-15)25-23(29)16-10-12-27(13-11-16)22-18-4-2-3-5-20(18)33(30,31)26-22/h2-9,16,19H,10-14H2,1H3,(H,25,29)/t19-/m0/s1. The van der Waals surface area contributed by atoms with Crippen molar-refractivity contribution in [2.45, 2.75) is 30.2 Å². The van der Waals surface area contributed by atoms with Gasteiger partial charge in [0.2, 0.25) is 5.91 Å². The number of carbonyl (C=O) groups excluding carboxylic acids is 2. The summed E-state index contributed by atoms with van der Waals surface area (Å²) in [6, 6.07) is 13.2. The summed E-state index contributed by atoms with van der Waals surface area (Å²) < 4.78 is 33.4. The number of piperidine rings is 1. The fraction of sp³-hybridized carbons (Fsp3) is 0.348. The van der Waals surface area contributed by atoms with Gasteiger partial charge < -0.3 is 15.0 Å². The molecule has 0 unspecified atom stereocenters. The summed E-state index contributed by atoms with van der Waals surface area (Å²) in [6.07, 6.45) is 1.09. The van der Waals surface area contributed by atoms with Crippen LogP contribution in [0.1, 0.15) is 36.4 Å². The molecule has 0 spiro atoms. The number of hydrogen-bond donors (Lipinski definition) is 1. The SMILES string of the molecule is COC(=O)C[C@H](NC(=O)C1CCN(C2=NS(=O)(=O)c3ccccc32)CC1)c1ccc(Cl)cc1. The molecular formula is C23H24ClN3O5S. The highest BCUT2D eigenvalue weighted by Gasteiger charge is 2.35. The van der Waals surface area contributed by atoms with Gasteiger partial charge in [0.1, 0.15) is 4.90 Å². The monoisotopic (exact) mass is 489 g/mol. The fourth-order valence-electron chi connectivity index (χ4n) is 4.16. The molecule has 0 radical (unpaired) electrons. The van der Waals surface area contributed by atoms with Gasteiger partial charge in [-0.2, -0.15) is 8.42 Å². The summed E-state index contributed by atoms with van der Waals surface area (Å²) in [5.74, 6) is -0.402. The second-order valence-electron chi connectivity index (χ2n) is 8.04. The van der Waals surface area contributed by atoms with Crippen LogP contribution in [0, 0.1) is 5.92 Å². The summed E-state index contributed by atoms with van der Waals surface area (Å²) in [5, 5.41) is 3.54. The number of amides is 1. The molecular weight excluding hydrogens is 466 g/mol. The first kappa shape index (κ1) is 23.3. The summed E-state index contributed by atoms with van der Waals surface area (Å²) in [6.45, 7) is 1.01. The van der Waals surface area contributed by atoms with E-state index >= 15 is 0 Å². The van der Waals surface area contributed by atoms with Crippen LogP contribution in [0.2, 0.25) is 5.02 Å². The van der Waals surface area contributed by atoms with E-state index in [0.717, 1.165) is 5.56 Å². The highest BCUT2D eigenvalue weighted by Crippen LogP contribution is 2.30. The maximum absolute atomic E-state index is 13.0. The maximum atomic E-state index is 13.0. The molecule has 33 heavy (non-hydrogen) atoms. The Balaban J connectivity index is 1.42. The number of esters is 1. The third-order valence-electron chi connectivity index (χ3n) is 5.97. The Bertz CT molecular complexity index is 1190. The van der Waals surface area contributed by atoms with Crippen molar-refractivity contribution in [3.63, 3.8) is 0 Å². The van der Waals surface area contributed by atoms with Gasteiger partial charge in [0.05, 0.1) is 19.6 Å². The molecule has 2 aromatic carbocycles. The molecule has 2 aliphatic heterocycles. The van der Waals surface area contributed by atoms with Gasteiger partial charge in [-0.3, -0.25) is 9.59 Å². The van der Waals surface area contributed by atoms with Crippen LogP contribution in [0.15, 0.2) is 57.8 Å². The van der Waals surface area contributed by atoms with E-state index in [9.17, 15) is 18.0 Å². The number of ether oxygens (including phenoxy) is 1. The van der Waals surface area contributed by atoms with Crippen LogP contribution < -0.4 is 5.32 Å². The Morgan fingerprint density at radius 1 is 1.15 bits per heavy atom. The van der Waals surface area contributed by atoms with E-state index < -0.39 is 22.0 Å². The van der Waals surface area contributed by atoms with Crippen molar-refractivity contribution < 1.29 is 22.7 Å². The van der Waals surface area contributed by atoms with Crippen LogP contribution in [0.4, 0.5) is 0 Å². The number of amidine groups is 1. The molecule has 2 aromatic rings. The van der Waals surface area contributed by atoms with E-state index in [1.54, 1.807) is 48.5 Å². The highest BCUT2D eigenvalue weighted by atomic mass is 35.5. The first-order valence-corrected chi connectivity index (χ1v) is 12.4. The molecule has 0 aliphatic carbocycles. The van der Waals surface area contributed by atoms with Crippen molar-refractivity contribution in [3.05, 3.63) is 64.7 Å². The van der Waals surface area contributed by atoms with Crippen molar-refractivity contribution in [2.75, 3.05) is 20.2 Å². The number of methoxy groups -OCH3 is 1. The number of fused-ring (bicyclic) bond motifs is 1. The van der Waals surface area contributed by atoms with Crippen molar-refractivity contribution in [1.29, 1.82) is 0 Å². The number of carbonyl (C=O) groups is 2. The molecule has 1 fully saturated rings. The molecule has 2 heterocycles. The first-order valence-electron chi connectivity index (χ1n) is 10.6. The van der Waals surface area contributed by atoms with Crippen LogP contribution in [-0.2, 0) is 24.3 Å². The summed E-state index contributed by atoms with van der Waals surface area (Å²) in [7, 11) is -2.38. The van der Waals surface area contributed by atoms with E-state index in [1.807, 2.05) is 4.90 Å². The second-order valence-corrected chi connectivity index (χ2v) is 10.0. The number of nitrogens with one attached hydrogen (secondary N) is 1. The van der Waals surface area contributed by atoms with Gasteiger partial charge in [0.25, 0.3) is 10.0 Å². The number of hydrogen-bond acceptors (Lipinski definition) is 6. The number of likely N-dealkylation sites (tertiary alicyclic amines) is 1. The molecule has 8 nitrogen and oxygen atoms in total. The lowest BCUT2D eigenvalue weighted by Crippen LogP contribution is -2.44. The Morgan fingerprint density at radius 2 is 1.82 bits per heavy atom. The first-order chi connectivity index (χ1) is 15.8. The summed E-state index contributed by atoms with van der Waals surface area (Å²) in [5.41, 5.74) is 1.36. The van der Waals surface area contributed by atoms with Crippen molar-refractivity contribution in [2.24, 2.45) is 10.3 Å². The molecule has 1 N–H and O–H groups in total. The topological polar surface area (TPSA) is 105 Å². The zero-order valence-electron chi connectivity index (χ0n) is 18.0. The molecule has 1 saturated heterocycles. The van der Waals surface area contributed by atoms with Crippen LogP contribution in [0.5, 0.6) is 0 Å². The van der Waals surface area contributed by atoms with Crippen LogP contribution in [0.25, 0.3) is 0 Å². The average molecular weight is 490 g/mol. The Hall–Kier alpha value is -2.91. The zero-order valence-corrected chi connectivity index (χ0v) is 19.6. The minimum absolute atomic E-state index is 0.00810. The van der Waals surface area contributed by atoms with Crippen LogP contribution in [-0.4, -0.2) is 51.2 Å². The van der Waals surface area contributed by atoms with Crippen molar-refractivity contribution in [3.8, 4) is 0 Å². The zero-order chi connectivity index (χ0) is 23.6. The van der Waals surface area contributed by atoms with Gasteiger partial charge >= 0.3 is 5.97 Å². The predicted molar refractivity (Wildman–Crippen MR) is 123 cm³/mol. The largest absolute Gasteiger partial charge is 0.469 e. The molecule has 1 atom stereocenters. The van der Waals surface area contributed by atoms with Gasteiger partial charge in [-0.25, -0.2) is 0 Å². The molecule has 10 heteroatoms. The van der Waals surface area contributed by atoms with E-state index in [0.29, 0.717) is 42.4 Å². The smallest absolute Gasteiger partial charge is 0.307 e. The van der Waals surface area contributed by atoms with Crippen LogP contribution in [0.3, 0.4) is 0 Å². The van der Waals surface area contributed by atoms with E-state index in [2.05, 4.69) is 9.71 Å². The lowest BCUT2D eigenvalue weighted by molar-refractivity contribution is -0.141. The molecule has 0 aromatic heterocycles. The van der Waals surface area contributed by atoms with E-state index in [-0.39, 0.29) is 23.1 Å². The molecule has 0 bridgehead atoms. The van der Waals surface area contributed by atoms with Crippen molar-refractivity contribution in [1.82, 2.24) is 10.2 Å². The number of halogens is 1. The Labute approximate surface area is 197 Å². The van der Waals surface area contributed by atoms with Crippen molar-refractivity contribution >= 4 is 39.3 Å². The van der Waals surface area contributed by atoms with E-state index in [1.165, 1.54) is 7.11 Å². The predicted octanol–water partition coefficient (Wildman–Crippen LogP) is 2.92. The molecule has 1 amide bonds. The third-order valence-corrected chi connectivity index (χ3v) is 7.54. The molecule has 0 saturated carbocycles. The normalized spacial score (nSPS) is 18.2. The van der Waals surface area contributed by atoms with Gasteiger partial charge in [0.15, 0.2) is 5.84 Å². The van der Waals surface area contributed by atoms with Gasteiger partial charge in [-0.15, -0.1) is 4.40 Å². The van der Waals surface area contributed by atoms with E-state index in [4.69, 9.17) is 16.3 Å². The lowest BCUT2D eigenvalue weighted by Gasteiger charge is -2.33. The van der Waals surface area contributed by atoms with Gasteiger partial charge in [0, 0.05) is 29.6 Å². The number of nitrogens with zero attached hydrogens (tertiary/aromatic N) is 2. The second kappa shape index (κ2) is 9.52. The van der Waals surface area contributed by atoms with Gasteiger partial charge in [-0.05, 0) is 42.7 Å².